The summed E-state index contributed by atoms with van der Waals surface area (Å²) in [5, 5.41) is 10.6. The van der Waals surface area contributed by atoms with E-state index in [4.69, 9.17) is 19.9 Å². The van der Waals surface area contributed by atoms with Gasteiger partial charge in [0.1, 0.15) is 12.1 Å². The van der Waals surface area contributed by atoms with Gasteiger partial charge in [0.25, 0.3) is 0 Å². The lowest BCUT2D eigenvalue weighted by atomic mass is 10.0. The maximum absolute atomic E-state index is 11.5. The van der Waals surface area contributed by atoms with Gasteiger partial charge < -0.3 is 25.1 Å². The van der Waals surface area contributed by atoms with Gasteiger partial charge in [-0.2, -0.15) is 0 Å². The molecule has 24 heavy (non-hydrogen) atoms. The van der Waals surface area contributed by atoms with Gasteiger partial charge in [0.2, 0.25) is 0 Å². The Morgan fingerprint density at radius 3 is 1.79 bits per heavy atom. The summed E-state index contributed by atoms with van der Waals surface area (Å²) in [5.41, 5.74) is 6.61. The van der Waals surface area contributed by atoms with Crippen LogP contribution in [0.5, 0.6) is 0 Å². The normalized spacial score (nSPS) is 15.2. The van der Waals surface area contributed by atoms with E-state index in [1.165, 1.54) is 24.3 Å². The lowest BCUT2D eigenvalue weighted by Gasteiger charge is -2.39. The number of aliphatic hydroxyl groups excluding tert-OH is 1. The van der Waals surface area contributed by atoms with Crippen LogP contribution in [0.3, 0.4) is 0 Å². The lowest BCUT2D eigenvalue weighted by molar-refractivity contribution is -0.392. The number of benzene rings is 1. The molecule has 138 valence electrons. The Kier molecular flexibility index (Phi) is 7.78. The van der Waals surface area contributed by atoms with Crippen molar-refractivity contribution in [2.75, 3.05) is 26.1 Å². The summed E-state index contributed by atoms with van der Waals surface area (Å²) in [4.78, 5) is 0.165. The van der Waals surface area contributed by atoms with Crippen LogP contribution in [0.2, 0.25) is 0 Å². The number of ether oxygens (including phenoxy) is 3. The van der Waals surface area contributed by atoms with Crippen molar-refractivity contribution < 1.29 is 27.7 Å². The fraction of sp³-hybridized carbons (Fsp3) is 0.625. The quantitative estimate of drug-likeness (QED) is 0.603. The first-order chi connectivity index (χ1) is 11.2. The molecule has 0 saturated heterocycles. The number of sulfone groups is 1. The molecule has 1 rings (SSSR count). The summed E-state index contributed by atoms with van der Waals surface area (Å²) in [5.74, 6) is -1.58. The first kappa shape index (κ1) is 21.0. The smallest absolute Gasteiger partial charge is 0.302 e. The van der Waals surface area contributed by atoms with Crippen molar-refractivity contribution in [3.05, 3.63) is 29.8 Å². The molecule has 0 aliphatic carbocycles. The number of hydrogen-bond donors (Lipinski definition) is 2. The first-order valence-electron chi connectivity index (χ1n) is 7.87. The second-order valence-electron chi connectivity index (χ2n) is 5.21. The molecule has 1 aromatic rings. The van der Waals surface area contributed by atoms with Gasteiger partial charge in [0.05, 0.1) is 4.90 Å². The topological polar surface area (TPSA) is 108 Å². The van der Waals surface area contributed by atoms with E-state index < -0.39 is 28.0 Å². The highest BCUT2D eigenvalue weighted by molar-refractivity contribution is 7.90. The highest BCUT2D eigenvalue weighted by Gasteiger charge is 2.44. The Hall–Kier alpha value is -1.03. The Labute approximate surface area is 143 Å². The van der Waals surface area contributed by atoms with Gasteiger partial charge in [-0.3, -0.25) is 0 Å². The van der Waals surface area contributed by atoms with Gasteiger partial charge >= 0.3 is 5.97 Å². The van der Waals surface area contributed by atoms with Crippen molar-refractivity contribution in [2.45, 2.75) is 43.8 Å². The van der Waals surface area contributed by atoms with Gasteiger partial charge in [-0.05, 0) is 38.5 Å². The van der Waals surface area contributed by atoms with Gasteiger partial charge in [-0.1, -0.05) is 12.1 Å². The summed E-state index contributed by atoms with van der Waals surface area (Å²) in [7, 11) is -3.31. The van der Waals surface area contributed by atoms with Crippen LogP contribution in [-0.2, 0) is 24.0 Å². The fourth-order valence-corrected chi connectivity index (χ4v) is 2.96. The van der Waals surface area contributed by atoms with Crippen molar-refractivity contribution in [3.8, 4) is 0 Å². The summed E-state index contributed by atoms with van der Waals surface area (Å²) < 4.78 is 39.7. The standard InChI is InChI=1S/C16H27NO6S/c1-5-21-16(22-6-2,23-7-3)15(17)14(18)12-8-10-13(11-9-12)24(4,19)20/h8-11,14-15,18H,5-7,17H2,1-4H3. The second-order valence-corrected chi connectivity index (χ2v) is 7.23. The molecule has 0 heterocycles. The van der Waals surface area contributed by atoms with Gasteiger partial charge in [0, 0.05) is 26.1 Å². The first-order valence-corrected chi connectivity index (χ1v) is 9.76. The third-order valence-electron chi connectivity index (χ3n) is 3.43. The number of nitrogens with two attached hydrogens (primary N) is 1. The molecule has 1 aromatic carbocycles. The highest BCUT2D eigenvalue weighted by atomic mass is 32.2. The van der Waals surface area contributed by atoms with E-state index in [9.17, 15) is 13.5 Å². The van der Waals surface area contributed by atoms with E-state index >= 15 is 0 Å². The number of hydrogen-bond acceptors (Lipinski definition) is 7. The molecular formula is C16H27NO6S. The van der Waals surface area contributed by atoms with Crippen molar-refractivity contribution in [1.29, 1.82) is 0 Å². The zero-order chi connectivity index (χ0) is 18.4. The molecular weight excluding hydrogens is 334 g/mol. The molecule has 0 aromatic heterocycles. The number of aliphatic hydroxyl groups is 1. The van der Waals surface area contributed by atoms with Crippen molar-refractivity contribution in [2.24, 2.45) is 5.73 Å². The minimum absolute atomic E-state index is 0.165. The number of rotatable bonds is 10. The minimum atomic E-state index is -3.31. The zero-order valence-corrected chi connectivity index (χ0v) is 15.4. The molecule has 0 radical (unpaired) electrons. The molecule has 0 aliphatic heterocycles. The lowest BCUT2D eigenvalue weighted by Crippen LogP contribution is -2.57. The molecule has 2 unspecified atom stereocenters. The molecule has 0 bridgehead atoms. The SMILES string of the molecule is CCOC(OCC)(OCC)C(N)C(O)c1ccc(S(C)(=O)=O)cc1. The molecule has 3 N–H and O–H groups in total. The van der Waals surface area contributed by atoms with E-state index in [2.05, 4.69) is 0 Å². The fourth-order valence-electron chi connectivity index (χ4n) is 2.33. The van der Waals surface area contributed by atoms with Crippen LogP contribution >= 0.6 is 0 Å². The van der Waals surface area contributed by atoms with Crippen molar-refractivity contribution in [3.63, 3.8) is 0 Å². The van der Waals surface area contributed by atoms with Crippen LogP contribution in [0.1, 0.15) is 32.4 Å². The van der Waals surface area contributed by atoms with E-state index in [1.54, 1.807) is 20.8 Å². The Bertz CT molecular complexity index is 584. The van der Waals surface area contributed by atoms with Gasteiger partial charge in [-0.25, -0.2) is 8.42 Å². The molecule has 0 fully saturated rings. The van der Waals surface area contributed by atoms with Gasteiger partial charge in [0.15, 0.2) is 9.84 Å². The minimum Gasteiger partial charge on any atom is -0.386 e. The van der Waals surface area contributed by atoms with Crippen LogP contribution < -0.4 is 5.73 Å². The molecule has 0 saturated carbocycles. The highest BCUT2D eigenvalue weighted by Crippen LogP contribution is 2.29. The largest absolute Gasteiger partial charge is 0.386 e. The molecule has 2 atom stereocenters. The Balaban J connectivity index is 3.11. The summed E-state index contributed by atoms with van der Waals surface area (Å²) >= 11 is 0. The molecule has 0 amide bonds. The van der Waals surface area contributed by atoms with E-state index in [1.807, 2.05) is 0 Å². The van der Waals surface area contributed by atoms with Crippen LogP contribution in [0.25, 0.3) is 0 Å². The van der Waals surface area contributed by atoms with Crippen LogP contribution in [-0.4, -0.2) is 51.6 Å². The monoisotopic (exact) mass is 361 g/mol. The average molecular weight is 361 g/mol. The third-order valence-corrected chi connectivity index (χ3v) is 4.56. The summed E-state index contributed by atoms with van der Waals surface area (Å²) in [6.45, 7) is 6.17. The van der Waals surface area contributed by atoms with Crippen molar-refractivity contribution >= 4 is 9.84 Å². The molecule has 7 nitrogen and oxygen atoms in total. The maximum atomic E-state index is 11.5. The van der Waals surface area contributed by atoms with Gasteiger partial charge in [-0.15, -0.1) is 0 Å². The van der Waals surface area contributed by atoms with E-state index in [0.29, 0.717) is 5.56 Å². The Morgan fingerprint density at radius 2 is 1.46 bits per heavy atom. The predicted octanol–water partition coefficient (Wildman–Crippen LogP) is 1.21. The Morgan fingerprint density at radius 1 is 1.04 bits per heavy atom. The van der Waals surface area contributed by atoms with Crippen molar-refractivity contribution in [1.82, 2.24) is 0 Å². The van der Waals surface area contributed by atoms with Crippen LogP contribution in [0.4, 0.5) is 0 Å². The second kappa shape index (κ2) is 8.89. The average Bonchev–Trinajstić information content (AvgIpc) is 2.53. The van der Waals surface area contributed by atoms with Crippen LogP contribution in [0, 0.1) is 0 Å². The van der Waals surface area contributed by atoms with E-state index in [0.717, 1.165) is 6.26 Å². The maximum Gasteiger partial charge on any atom is 0.302 e. The molecule has 8 heteroatoms. The zero-order valence-electron chi connectivity index (χ0n) is 14.6. The van der Waals surface area contributed by atoms with E-state index in [-0.39, 0.29) is 24.7 Å². The molecule has 0 aliphatic rings. The van der Waals surface area contributed by atoms with Crippen LogP contribution in [0.15, 0.2) is 29.2 Å². The summed E-state index contributed by atoms with van der Waals surface area (Å²) in [6, 6.07) is 4.83. The molecule has 0 spiro atoms. The summed E-state index contributed by atoms with van der Waals surface area (Å²) in [6.07, 6.45) is -0.0441. The predicted molar refractivity (Wildman–Crippen MR) is 90.1 cm³/mol. The third kappa shape index (κ3) is 4.98.